The summed E-state index contributed by atoms with van der Waals surface area (Å²) in [6.07, 6.45) is 4.11. The van der Waals surface area contributed by atoms with Gasteiger partial charge in [-0.25, -0.2) is 5.48 Å². The first-order valence-electron chi connectivity index (χ1n) is 5.80. The van der Waals surface area contributed by atoms with Crippen molar-refractivity contribution in [2.24, 2.45) is 0 Å². The number of ether oxygens (including phenoxy) is 2. The van der Waals surface area contributed by atoms with E-state index in [4.69, 9.17) is 26.3 Å². The maximum Gasteiger partial charge on any atom is 0.251 e. The van der Waals surface area contributed by atoms with Gasteiger partial charge in [-0.15, -0.1) is 0 Å². The van der Waals surface area contributed by atoms with Crippen LogP contribution in [0.2, 0.25) is 5.02 Å². The summed E-state index contributed by atoms with van der Waals surface area (Å²) < 4.78 is 11.8. The number of fused-ring (bicyclic) bond motifs is 1. The van der Waals surface area contributed by atoms with E-state index < -0.39 is 5.79 Å². The van der Waals surface area contributed by atoms with Crippen molar-refractivity contribution in [3.8, 4) is 11.5 Å². The number of halogens is 1. The molecule has 0 amide bonds. The van der Waals surface area contributed by atoms with Gasteiger partial charge in [0.2, 0.25) is 0 Å². The Morgan fingerprint density at radius 3 is 2.53 bits per heavy atom. The Morgan fingerprint density at radius 2 is 1.88 bits per heavy atom. The average Bonchev–Trinajstić information content (AvgIpc) is 2.87. The summed E-state index contributed by atoms with van der Waals surface area (Å²) in [7, 11) is 0. The molecule has 1 aromatic carbocycles. The predicted molar refractivity (Wildman–Crippen MR) is 62.5 cm³/mol. The van der Waals surface area contributed by atoms with E-state index >= 15 is 0 Å². The highest BCUT2D eigenvalue weighted by molar-refractivity contribution is 6.31. The first-order chi connectivity index (χ1) is 8.22. The van der Waals surface area contributed by atoms with Crippen molar-refractivity contribution in [2.45, 2.75) is 38.0 Å². The molecule has 1 aliphatic heterocycles. The van der Waals surface area contributed by atoms with Crippen LogP contribution >= 0.6 is 11.6 Å². The molecule has 1 aromatic rings. The van der Waals surface area contributed by atoms with Crippen LogP contribution in [0.5, 0.6) is 11.5 Å². The second-order valence-electron chi connectivity index (χ2n) is 4.55. The van der Waals surface area contributed by atoms with Crippen LogP contribution in [0.15, 0.2) is 12.1 Å². The second-order valence-corrected chi connectivity index (χ2v) is 4.95. The van der Waals surface area contributed by atoms with E-state index in [9.17, 15) is 0 Å². The van der Waals surface area contributed by atoms with Gasteiger partial charge >= 0.3 is 0 Å². The summed E-state index contributed by atoms with van der Waals surface area (Å²) in [5, 5.41) is 9.29. The smallest absolute Gasteiger partial charge is 0.251 e. The fraction of sp³-hybridized carbons (Fsp3) is 0.500. The maximum atomic E-state index is 8.72. The Balaban J connectivity index is 1.92. The van der Waals surface area contributed by atoms with E-state index in [-0.39, 0.29) is 0 Å². The zero-order valence-electron chi connectivity index (χ0n) is 9.33. The number of hydrogen-bond acceptors (Lipinski definition) is 4. The van der Waals surface area contributed by atoms with Crippen LogP contribution in [0.1, 0.15) is 31.2 Å². The van der Waals surface area contributed by atoms with Crippen molar-refractivity contribution in [1.82, 2.24) is 5.48 Å². The lowest BCUT2D eigenvalue weighted by Gasteiger charge is -2.21. The molecule has 0 bridgehead atoms. The Morgan fingerprint density at radius 1 is 1.24 bits per heavy atom. The molecule has 2 aliphatic rings. The highest BCUT2D eigenvalue weighted by Gasteiger charge is 2.44. The fourth-order valence-corrected chi connectivity index (χ4v) is 2.72. The average molecular weight is 256 g/mol. The van der Waals surface area contributed by atoms with Gasteiger partial charge in [0.05, 0.1) is 0 Å². The van der Waals surface area contributed by atoms with E-state index in [1.54, 1.807) is 6.07 Å². The van der Waals surface area contributed by atoms with Crippen molar-refractivity contribution in [1.29, 1.82) is 0 Å². The molecule has 92 valence electrons. The molecule has 0 unspecified atom stereocenters. The van der Waals surface area contributed by atoms with E-state index in [0.29, 0.717) is 17.3 Å². The molecule has 0 radical (unpaired) electrons. The molecule has 5 heteroatoms. The van der Waals surface area contributed by atoms with Gasteiger partial charge in [0.25, 0.3) is 5.79 Å². The molecule has 1 spiro atoms. The summed E-state index contributed by atoms with van der Waals surface area (Å²) in [4.78, 5) is 0. The van der Waals surface area contributed by atoms with Crippen molar-refractivity contribution in [3.05, 3.63) is 22.7 Å². The van der Waals surface area contributed by atoms with Crippen molar-refractivity contribution in [2.75, 3.05) is 0 Å². The fourth-order valence-electron chi connectivity index (χ4n) is 2.50. The highest BCUT2D eigenvalue weighted by Crippen LogP contribution is 2.48. The van der Waals surface area contributed by atoms with Gasteiger partial charge in [-0.05, 0) is 24.5 Å². The largest absolute Gasteiger partial charge is 0.448 e. The minimum atomic E-state index is -0.461. The Bertz CT molecular complexity index is 444. The van der Waals surface area contributed by atoms with E-state index in [2.05, 4.69) is 5.48 Å². The molecule has 1 aliphatic carbocycles. The molecule has 1 heterocycles. The minimum absolute atomic E-state index is 0.294. The van der Waals surface area contributed by atoms with Crippen LogP contribution in [0.4, 0.5) is 0 Å². The lowest BCUT2D eigenvalue weighted by Crippen LogP contribution is -2.34. The van der Waals surface area contributed by atoms with Crippen LogP contribution < -0.4 is 15.0 Å². The Kier molecular flexibility index (Phi) is 2.65. The molecule has 4 nitrogen and oxygen atoms in total. The summed E-state index contributed by atoms with van der Waals surface area (Å²) in [6.45, 7) is 0.294. The van der Waals surface area contributed by atoms with Gasteiger partial charge in [-0.1, -0.05) is 11.6 Å². The standard InChI is InChI=1S/C12H14ClNO3/c13-9-6-11-10(5-8(9)7-14-15)16-12(17-11)3-1-2-4-12/h5-6,14-15H,1-4,7H2. The lowest BCUT2D eigenvalue weighted by molar-refractivity contribution is -0.0716. The molecule has 3 rings (SSSR count). The monoisotopic (exact) mass is 255 g/mol. The third-order valence-electron chi connectivity index (χ3n) is 3.34. The van der Waals surface area contributed by atoms with Crippen LogP contribution in [-0.2, 0) is 6.54 Å². The maximum absolute atomic E-state index is 8.72. The Labute approximate surface area is 104 Å². The van der Waals surface area contributed by atoms with Crippen molar-refractivity contribution >= 4 is 11.6 Å². The minimum Gasteiger partial charge on any atom is -0.448 e. The summed E-state index contributed by atoms with van der Waals surface area (Å²) in [6, 6.07) is 3.59. The van der Waals surface area contributed by atoms with Gasteiger partial charge in [0.15, 0.2) is 11.5 Å². The lowest BCUT2D eigenvalue weighted by atomic mass is 10.2. The molecule has 0 saturated heterocycles. The molecule has 0 atom stereocenters. The normalized spacial score (nSPS) is 20.1. The Hall–Kier alpha value is -0.970. The predicted octanol–water partition coefficient (Wildman–Crippen LogP) is 2.86. The van der Waals surface area contributed by atoms with E-state index in [0.717, 1.165) is 37.0 Å². The molecule has 0 aromatic heterocycles. The van der Waals surface area contributed by atoms with Gasteiger partial charge in [0.1, 0.15) is 0 Å². The molecular weight excluding hydrogens is 242 g/mol. The number of rotatable bonds is 2. The number of hydrogen-bond donors (Lipinski definition) is 2. The van der Waals surface area contributed by atoms with Crippen LogP contribution in [0.3, 0.4) is 0 Å². The zero-order chi connectivity index (χ0) is 11.9. The van der Waals surface area contributed by atoms with E-state index in [1.807, 2.05) is 6.07 Å². The summed E-state index contributed by atoms with van der Waals surface area (Å²) >= 11 is 6.10. The topological polar surface area (TPSA) is 50.7 Å². The van der Waals surface area contributed by atoms with Crippen LogP contribution in [-0.4, -0.2) is 11.0 Å². The number of hydroxylamine groups is 1. The third kappa shape index (κ3) is 1.86. The van der Waals surface area contributed by atoms with Crippen LogP contribution in [0, 0.1) is 0 Å². The summed E-state index contributed by atoms with van der Waals surface area (Å²) in [5.74, 6) is 0.969. The van der Waals surface area contributed by atoms with Crippen LogP contribution in [0.25, 0.3) is 0 Å². The van der Waals surface area contributed by atoms with Gasteiger partial charge in [-0.2, -0.15) is 0 Å². The van der Waals surface area contributed by atoms with E-state index in [1.165, 1.54) is 0 Å². The van der Waals surface area contributed by atoms with Gasteiger partial charge < -0.3 is 14.7 Å². The molecule has 1 fully saturated rings. The van der Waals surface area contributed by atoms with Crippen molar-refractivity contribution in [3.63, 3.8) is 0 Å². The number of nitrogens with one attached hydrogen (secondary N) is 1. The SMILES string of the molecule is ONCc1cc2c(cc1Cl)OC1(CCCC1)O2. The van der Waals surface area contributed by atoms with Gasteiger partial charge in [-0.3, -0.25) is 0 Å². The van der Waals surface area contributed by atoms with Gasteiger partial charge in [0, 0.05) is 30.5 Å². The first kappa shape index (κ1) is 11.1. The molecule has 17 heavy (non-hydrogen) atoms. The highest BCUT2D eigenvalue weighted by atomic mass is 35.5. The first-order valence-corrected chi connectivity index (χ1v) is 6.18. The quantitative estimate of drug-likeness (QED) is 0.798. The summed E-state index contributed by atoms with van der Waals surface area (Å²) in [5.41, 5.74) is 2.89. The number of benzene rings is 1. The second kappa shape index (κ2) is 4.05. The van der Waals surface area contributed by atoms with Crippen molar-refractivity contribution < 1.29 is 14.7 Å². The molecular formula is C12H14ClNO3. The third-order valence-corrected chi connectivity index (χ3v) is 3.69. The molecule has 1 saturated carbocycles. The zero-order valence-corrected chi connectivity index (χ0v) is 10.1. The molecule has 2 N–H and O–H groups in total.